The van der Waals surface area contributed by atoms with Crippen LogP contribution in [0, 0.1) is 11.3 Å². The number of anilines is 1. The molecule has 1 aliphatic heterocycles. The summed E-state index contributed by atoms with van der Waals surface area (Å²) in [6.07, 6.45) is 4.74. The maximum atomic E-state index is 12.4. The lowest BCUT2D eigenvalue weighted by Gasteiger charge is -2.33. The summed E-state index contributed by atoms with van der Waals surface area (Å²) in [7, 11) is 0. The van der Waals surface area contributed by atoms with Crippen LogP contribution in [0.2, 0.25) is 0 Å². The van der Waals surface area contributed by atoms with Crippen LogP contribution in [0.1, 0.15) is 28.8 Å². The minimum Gasteiger partial charge on any atom is -0.350 e. The van der Waals surface area contributed by atoms with E-state index in [1.165, 1.54) is 6.20 Å². The van der Waals surface area contributed by atoms with E-state index in [4.69, 9.17) is 5.26 Å². The van der Waals surface area contributed by atoms with E-state index in [-0.39, 0.29) is 17.5 Å². The Morgan fingerprint density at radius 3 is 3.12 bits per heavy atom. The van der Waals surface area contributed by atoms with Gasteiger partial charge < -0.3 is 15.2 Å². The summed E-state index contributed by atoms with van der Waals surface area (Å²) in [6, 6.07) is 8.55. The topological polar surface area (TPSA) is 102 Å². The normalized spacial score (nSPS) is 17.1. The molecule has 2 N–H and O–H groups in total. The average Bonchev–Trinajstić information content (AvgIpc) is 2.62. The van der Waals surface area contributed by atoms with E-state index in [1.54, 1.807) is 30.5 Å². The molecule has 0 saturated carbocycles. The molecule has 0 aliphatic carbocycles. The lowest BCUT2D eigenvalue weighted by Crippen LogP contribution is -2.49. The molecule has 2 aromatic rings. The molecule has 7 nitrogen and oxygen atoms in total. The number of nitriles is 1. The Morgan fingerprint density at radius 2 is 2.33 bits per heavy atom. The van der Waals surface area contributed by atoms with Gasteiger partial charge in [-0.25, -0.2) is 4.98 Å². The molecule has 1 aliphatic rings. The number of nitrogens with zero attached hydrogens (tertiary/aromatic N) is 3. The number of hydrogen-bond acceptors (Lipinski definition) is 5. The van der Waals surface area contributed by atoms with Crippen LogP contribution in [0.25, 0.3) is 0 Å². The van der Waals surface area contributed by atoms with E-state index in [1.807, 2.05) is 11.0 Å². The van der Waals surface area contributed by atoms with Crippen LogP contribution in [-0.2, 0) is 0 Å². The molecule has 0 radical (unpaired) electrons. The number of hydrogen-bond donors (Lipinski definition) is 2. The van der Waals surface area contributed by atoms with Gasteiger partial charge in [0.25, 0.3) is 11.5 Å². The Morgan fingerprint density at radius 1 is 1.46 bits per heavy atom. The number of piperidine rings is 1. The third-order valence-electron chi connectivity index (χ3n) is 4.00. The SMILES string of the molecule is N#Cc1cccc(C(=O)N[C@H]2CCCN(c3ncc[nH]c3=O)C2)c1. The molecule has 3 rings (SSSR count). The summed E-state index contributed by atoms with van der Waals surface area (Å²) in [5.41, 5.74) is 0.681. The third kappa shape index (κ3) is 3.43. The second kappa shape index (κ2) is 6.96. The highest BCUT2D eigenvalue weighted by atomic mass is 16.1. The number of amides is 1. The number of H-pyrrole nitrogens is 1. The van der Waals surface area contributed by atoms with Crippen LogP contribution in [0.3, 0.4) is 0 Å². The molecule has 1 aromatic heterocycles. The predicted octanol–water partition coefficient (Wildman–Crippen LogP) is 1.04. The van der Waals surface area contributed by atoms with Crippen LogP contribution in [0.15, 0.2) is 41.5 Å². The molecule has 1 amide bonds. The minimum absolute atomic E-state index is 0.0709. The second-order valence-corrected chi connectivity index (χ2v) is 5.69. The number of carbonyl (C=O) groups is 1. The molecular weight excluding hydrogens is 306 g/mol. The molecule has 1 aromatic carbocycles. The van der Waals surface area contributed by atoms with E-state index >= 15 is 0 Å². The molecule has 24 heavy (non-hydrogen) atoms. The van der Waals surface area contributed by atoms with Crippen molar-refractivity contribution in [3.63, 3.8) is 0 Å². The zero-order chi connectivity index (χ0) is 16.9. The lowest BCUT2D eigenvalue weighted by molar-refractivity contribution is 0.0933. The van der Waals surface area contributed by atoms with E-state index in [2.05, 4.69) is 15.3 Å². The molecule has 122 valence electrons. The van der Waals surface area contributed by atoms with Gasteiger partial charge in [0.1, 0.15) is 0 Å². The van der Waals surface area contributed by atoms with Crippen LogP contribution in [0.4, 0.5) is 5.82 Å². The third-order valence-corrected chi connectivity index (χ3v) is 4.00. The zero-order valence-corrected chi connectivity index (χ0v) is 13.0. The Labute approximate surface area is 139 Å². The summed E-state index contributed by atoms with van der Waals surface area (Å²) in [5.74, 6) is 0.164. The lowest BCUT2D eigenvalue weighted by atomic mass is 10.0. The van der Waals surface area contributed by atoms with Crippen LogP contribution in [0.5, 0.6) is 0 Å². The number of aromatic amines is 1. The van der Waals surface area contributed by atoms with Crippen molar-refractivity contribution < 1.29 is 4.79 Å². The average molecular weight is 323 g/mol. The number of aromatic nitrogens is 2. The summed E-state index contributed by atoms with van der Waals surface area (Å²) < 4.78 is 0. The van der Waals surface area contributed by atoms with Crippen LogP contribution < -0.4 is 15.8 Å². The number of benzene rings is 1. The smallest absolute Gasteiger partial charge is 0.290 e. The van der Waals surface area contributed by atoms with E-state index < -0.39 is 0 Å². The maximum Gasteiger partial charge on any atom is 0.290 e. The van der Waals surface area contributed by atoms with E-state index in [9.17, 15) is 9.59 Å². The molecule has 1 fully saturated rings. The van der Waals surface area contributed by atoms with Crippen molar-refractivity contribution in [1.29, 1.82) is 5.26 Å². The Bertz CT molecular complexity index is 839. The molecule has 0 spiro atoms. The monoisotopic (exact) mass is 323 g/mol. The molecule has 0 bridgehead atoms. The largest absolute Gasteiger partial charge is 0.350 e. The van der Waals surface area contributed by atoms with Crippen molar-refractivity contribution in [2.24, 2.45) is 0 Å². The summed E-state index contributed by atoms with van der Waals surface area (Å²) in [4.78, 5) is 32.9. The van der Waals surface area contributed by atoms with Gasteiger partial charge in [0.05, 0.1) is 11.6 Å². The van der Waals surface area contributed by atoms with Crippen molar-refractivity contribution in [2.45, 2.75) is 18.9 Å². The van der Waals surface area contributed by atoms with Gasteiger partial charge in [-0.2, -0.15) is 5.26 Å². The van der Waals surface area contributed by atoms with E-state index in [0.717, 1.165) is 19.4 Å². The first-order chi connectivity index (χ1) is 11.7. The fraction of sp³-hybridized carbons (Fsp3) is 0.294. The first-order valence-corrected chi connectivity index (χ1v) is 7.77. The molecule has 0 unspecified atom stereocenters. The highest BCUT2D eigenvalue weighted by Gasteiger charge is 2.24. The fourth-order valence-corrected chi connectivity index (χ4v) is 2.86. The van der Waals surface area contributed by atoms with Crippen molar-refractivity contribution in [2.75, 3.05) is 18.0 Å². The van der Waals surface area contributed by atoms with Gasteiger partial charge in [0, 0.05) is 37.1 Å². The summed E-state index contributed by atoms with van der Waals surface area (Å²) >= 11 is 0. The van der Waals surface area contributed by atoms with Gasteiger partial charge >= 0.3 is 0 Å². The number of rotatable bonds is 3. The summed E-state index contributed by atoms with van der Waals surface area (Å²) in [6.45, 7) is 1.26. The highest BCUT2D eigenvalue weighted by molar-refractivity contribution is 5.94. The molecule has 1 saturated heterocycles. The van der Waals surface area contributed by atoms with Crippen molar-refractivity contribution in [1.82, 2.24) is 15.3 Å². The van der Waals surface area contributed by atoms with Gasteiger partial charge in [0.15, 0.2) is 5.82 Å². The number of nitrogens with one attached hydrogen (secondary N) is 2. The summed E-state index contributed by atoms with van der Waals surface area (Å²) in [5, 5.41) is 11.9. The number of carbonyl (C=O) groups excluding carboxylic acids is 1. The van der Waals surface area contributed by atoms with Crippen molar-refractivity contribution >= 4 is 11.7 Å². The Balaban J connectivity index is 1.69. The van der Waals surface area contributed by atoms with Crippen molar-refractivity contribution in [3.8, 4) is 6.07 Å². The standard InChI is InChI=1S/C17H17N5O2/c18-10-12-3-1-4-13(9-12)16(23)21-14-5-2-8-22(11-14)15-17(24)20-7-6-19-15/h1,3-4,6-7,9,14H,2,5,8,11H2,(H,20,24)(H,21,23)/t14-/m0/s1. The highest BCUT2D eigenvalue weighted by Crippen LogP contribution is 2.15. The quantitative estimate of drug-likeness (QED) is 0.879. The van der Waals surface area contributed by atoms with Gasteiger partial charge in [-0.3, -0.25) is 9.59 Å². The molecule has 2 heterocycles. The maximum absolute atomic E-state index is 12.4. The van der Waals surface area contributed by atoms with Gasteiger partial charge in [-0.15, -0.1) is 0 Å². The molecule has 1 atom stereocenters. The van der Waals surface area contributed by atoms with Gasteiger partial charge in [0.2, 0.25) is 0 Å². The first kappa shape index (κ1) is 15.7. The van der Waals surface area contributed by atoms with Crippen LogP contribution >= 0.6 is 0 Å². The van der Waals surface area contributed by atoms with E-state index in [0.29, 0.717) is 23.5 Å². The molecular formula is C17H17N5O2. The second-order valence-electron chi connectivity index (χ2n) is 5.69. The fourth-order valence-electron chi connectivity index (χ4n) is 2.86. The predicted molar refractivity (Wildman–Crippen MR) is 88.7 cm³/mol. The Kier molecular flexibility index (Phi) is 4.57. The first-order valence-electron chi connectivity index (χ1n) is 7.77. The zero-order valence-electron chi connectivity index (χ0n) is 13.0. The van der Waals surface area contributed by atoms with Gasteiger partial charge in [-0.05, 0) is 31.0 Å². The van der Waals surface area contributed by atoms with Crippen molar-refractivity contribution in [3.05, 3.63) is 58.1 Å². The Hall–Kier alpha value is -3.14. The van der Waals surface area contributed by atoms with Gasteiger partial charge in [-0.1, -0.05) is 6.07 Å². The minimum atomic E-state index is -0.230. The molecule has 7 heteroatoms. The van der Waals surface area contributed by atoms with Crippen LogP contribution in [-0.4, -0.2) is 35.0 Å².